The van der Waals surface area contributed by atoms with Crippen molar-refractivity contribution in [3.05, 3.63) is 29.8 Å². The van der Waals surface area contributed by atoms with Crippen LogP contribution < -0.4 is 16.0 Å². The predicted molar refractivity (Wildman–Crippen MR) is 74.7 cm³/mol. The molecule has 0 aromatic heterocycles. The fourth-order valence-electron chi connectivity index (χ4n) is 1.51. The maximum absolute atomic E-state index is 12.0. The van der Waals surface area contributed by atoms with Crippen molar-refractivity contribution in [2.45, 2.75) is 12.5 Å². The van der Waals surface area contributed by atoms with Gasteiger partial charge >= 0.3 is 0 Å². The lowest BCUT2D eigenvalue weighted by Gasteiger charge is -2.15. The first kappa shape index (κ1) is 14.6. The number of nitrogens with one attached hydrogen (secondary N) is 1. The molecule has 0 spiro atoms. The summed E-state index contributed by atoms with van der Waals surface area (Å²) in [7, 11) is 3.75. The number of hydrogen-bond donors (Lipinski definition) is 2. The van der Waals surface area contributed by atoms with Crippen LogP contribution in [0, 0.1) is 12.3 Å². The van der Waals surface area contributed by atoms with Gasteiger partial charge in [-0.05, 0) is 18.2 Å². The van der Waals surface area contributed by atoms with Gasteiger partial charge < -0.3 is 16.0 Å². The Kier molecular flexibility index (Phi) is 4.95. The van der Waals surface area contributed by atoms with Crippen LogP contribution in [-0.4, -0.2) is 32.0 Å². The number of terminal acetylenes is 1. The van der Waals surface area contributed by atoms with Gasteiger partial charge in [0.2, 0.25) is 5.91 Å². The highest BCUT2D eigenvalue weighted by Gasteiger charge is 2.18. The van der Waals surface area contributed by atoms with Gasteiger partial charge in [-0.3, -0.25) is 9.59 Å². The van der Waals surface area contributed by atoms with Crippen molar-refractivity contribution >= 4 is 17.5 Å². The molecule has 3 N–H and O–H groups in total. The summed E-state index contributed by atoms with van der Waals surface area (Å²) in [4.78, 5) is 25.0. The Labute approximate surface area is 112 Å². The van der Waals surface area contributed by atoms with Gasteiger partial charge in [0.1, 0.15) is 6.04 Å². The predicted octanol–water partition coefficient (Wildman–Crippen LogP) is 0.360. The molecule has 0 aliphatic heterocycles. The Morgan fingerprint density at radius 3 is 2.68 bits per heavy atom. The molecule has 1 rings (SSSR count). The first-order chi connectivity index (χ1) is 8.95. The molecule has 0 aliphatic rings. The number of carbonyl (C=O) groups is 2. The summed E-state index contributed by atoms with van der Waals surface area (Å²) in [6, 6.07) is 6.19. The Morgan fingerprint density at radius 1 is 1.47 bits per heavy atom. The highest BCUT2D eigenvalue weighted by molar-refractivity contribution is 5.98. The van der Waals surface area contributed by atoms with Crippen molar-refractivity contribution in [2.75, 3.05) is 19.0 Å². The molecule has 0 heterocycles. The molecule has 0 fully saturated rings. The minimum Gasteiger partial charge on any atom is -0.378 e. The maximum atomic E-state index is 12.0. The second-order valence-electron chi connectivity index (χ2n) is 4.28. The summed E-state index contributed by atoms with van der Waals surface area (Å²) in [5.41, 5.74) is 6.51. The van der Waals surface area contributed by atoms with Crippen LogP contribution in [0.3, 0.4) is 0 Å². The summed E-state index contributed by atoms with van der Waals surface area (Å²) < 4.78 is 0. The third-order valence-electron chi connectivity index (χ3n) is 2.60. The maximum Gasteiger partial charge on any atom is 0.252 e. The van der Waals surface area contributed by atoms with Crippen LogP contribution in [0.4, 0.5) is 5.69 Å². The van der Waals surface area contributed by atoms with E-state index in [2.05, 4.69) is 11.2 Å². The minimum absolute atomic E-state index is 0.0778. The summed E-state index contributed by atoms with van der Waals surface area (Å²) in [6.45, 7) is 0. The molecule has 0 bridgehead atoms. The Hall–Kier alpha value is -2.48. The number of amides is 2. The second kappa shape index (κ2) is 6.45. The average molecular weight is 259 g/mol. The third kappa shape index (κ3) is 4.03. The molecule has 1 aromatic carbocycles. The van der Waals surface area contributed by atoms with E-state index in [1.807, 2.05) is 25.1 Å². The van der Waals surface area contributed by atoms with E-state index in [0.29, 0.717) is 5.56 Å². The molecule has 5 heteroatoms. The quantitative estimate of drug-likeness (QED) is 0.750. The van der Waals surface area contributed by atoms with Crippen molar-refractivity contribution in [3.63, 3.8) is 0 Å². The van der Waals surface area contributed by atoms with Crippen LogP contribution in [0.15, 0.2) is 24.3 Å². The fourth-order valence-corrected chi connectivity index (χ4v) is 1.51. The lowest BCUT2D eigenvalue weighted by molar-refractivity contribution is -0.119. The molecule has 0 saturated carbocycles. The minimum atomic E-state index is -0.847. The van der Waals surface area contributed by atoms with E-state index in [-0.39, 0.29) is 12.3 Å². The highest BCUT2D eigenvalue weighted by atomic mass is 16.2. The normalized spacial score (nSPS) is 11.2. The van der Waals surface area contributed by atoms with Gasteiger partial charge in [0.05, 0.1) is 0 Å². The first-order valence-corrected chi connectivity index (χ1v) is 5.76. The molecule has 19 heavy (non-hydrogen) atoms. The standard InChI is InChI=1S/C14H17N3O2/c1-4-6-12(13(15)18)16-14(19)10-7-5-8-11(9-10)17(2)3/h1,5,7-9,12H,6H2,2-3H3,(H2,15,18)(H,16,19)/t12-/m0/s1. The van der Waals surface area contributed by atoms with E-state index in [1.54, 1.807) is 18.2 Å². The Bertz CT molecular complexity index is 518. The van der Waals surface area contributed by atoms with E-state index in [9.17, 15) is 9.59 Å². The number of nitrogens with two attached hydrogens (primary N) is 1. The molecule has 0 aliphatic carbocycles. The van der Waals surface area contributed by atoms with Gasteiger partial charge in [0, 0.05) is 31.8 Å². The van der Waals surface area contributed by atoms with Crippen molar-refractivity contribution in [3.8, 4) is 12.3 Å². The van der Waals surface area contributed by atoms with Crippen LogP contribution in [0.25, 0.3) is 0 Å². The molecule has 0 unspecified atom stereocenters. The zero-order valence-electron chi connectivity index (χ0n) is 11.0. The summed E-state index contributed by atoms with van der Waals surface area (Å²) in [5.74, 6) is 1.30. The molecule has 5 nitrogen and oxygen atoms in total. The van der Waals surface area contributed by atoms with Gasteiger partial charge in [-0.25, -0.2) is 0 Å². The topological polar surface area (TPSA) is 75.4 Å². The van der Waals surface area contributed by atoms with Gasteiger partial charge in [0.25, 0.3) is 5.91 Å². The molecule has 0 radical (unpaired) electrons. The molecular weight excluding hydrogens is 242 g/mol. The Balaban J connectivity index is 2.86. The zero-order chi connectivity index (χ0) is 14.4. The monoisotopic (exact) mass is 259 g/mol. The van der Waals surface area contributed by atoms with E-state index in [0.717, 1.165) is 5.69 Å². The molecular formula is C14H17N3O2. The highest BCUT2D eigenvalue weighted by Crippen LogP contribution is 2.13. The van der Waals surface area contributed by atoms with Gasteiger partial charge in [0.15, 0.2) is 0 Å². The first-order valence-electron chi connectivity index (χ1n) is 5.76. The molecule has 1 aromatic rings. The molecule has 0 saturated heterocycles. The van der Waals surface area contributed by atoms with Gasteiger partial charge in [-0.15, -0.1) is 12.3 Å². The van der Waals surface area contributed by atoms with E-state index < -0.39 is 11.9 Å². The number of carbonyl (C=O) groups excluding carboxylic acids is 2. The average Bonchev–Trinajstić information content (AvgIpc) is 2.38. The van der Waals surface area contributed by atoms with Crippen molar-refractivity contribution in [1.82, 2.24) is 5.32 Å². The second-order valence-corrected chi connectivity index (χ2v) is 4.28. The zero-order valence-corrected chi connectivity index (χ0v) is 11.0. The lowest BCUT2D eigenvalue weighted by Crippen LogP contribution is -2.44. The van der Waals surface area contributed by atoms with E-state index >= 15 is 0 Å². The summed E-state index contributed by atoms with van der Waals surface area (Å²) >= 11 is 0. The number of primary amides is 1. The number of rotatable bonds is 5. The van der Waals surface area contributed by atoms with Crippen LogP contribution in [0.2, 0.25) is 0 Å². The number of nitrogens with zero attached hydrogens (tertiary/aromatic N) is 1. The number of hydrogen-bond acceptors (Lipinski definition) is 3. The lowest BCUT2D eigenvalue weighted by atomic mass is 10.1. The number of benzene rings is 1. The third-order valence-corrected chi connectivity index (χ3v) is 2.60. The smallest absolute Gasteiger partial charge is 0.252 e. The van der Waals surface area contributed by atoms with Crippen molar-refractivity contribution in [2.24, 2.45) is 5.73 Å². The number of anilines is 1. The Morgan fingerprint density at radius 2 is 2.16 bits per heavy atom. The van der Waals surface area contributed by atoms with Gasteiger partial charge in [-0.2, -0.15) is 0 Å². The van der Waals surface area contributed by atoms with Crippen LogP contribution in [-0.2, 0) is 4.79 Å². The summed E-state index contributed by atoms with van der Waals surface area (Å²) in [6.07, 6.45) is 5.21. The summed E-state index contributed by atoms with van der Waals surface area (Å²) in [5, 5.41) is 2.53. The largest absolute Gasteiger partial charge is 0.378 e. The molecule has 2 amide bonds. The van der Waals surface area contributed by atoms with Crippen molar-refractivity contribution < 1.29 is 9.59 Å². The van der Waals surface area contributed by atoms with Crippen LogP contribution >= 0.6 is 0 Å². The molecule has 100 valence electrons. The fraction of sp³-hybridized carbons (Fsp3) is 0.286. The van der Waals surface area contributed by atoms with E-state index in [1.165, 1.54) is 0 Å². The van der Waals surface area contributed by atoms with Crippen LogP contribution in [0.1, 0.15) is 16.8 Å². The van der Waals surface area contributed by atoms with E-state index in [4.69, 9.17) is 12.2 Å². The van der Waals surface area contributed by atoms with Gasteiger partial charge in [-0.1, -0.05) is 6.07 Å². The molecule has 1 atom stereocenters. The van der Waals surface area contributed by atoms with Crippen LogP contribution in [0.5, 0.6) is 0 Å². The SMILES string of the molecule is C#CC[C@H](NC(=O)c1cccc(N(C)C)c1)C(N)=O. The van der Waals surface area contributed by atoms with Crippen molar-refractivity contribution in [1.29, 1.82) is 0 Å².